The van der Waals surface area contributed by atoms with Crippen LogP contribution in [0, 0.1) is 5.41 Å². The number of hydrogen-bond acceptors (Lipinski definition) is 3. The first kappa shape index (κ1) is 17.7. The summed E-state index contributed by atoms with van der Waals surface area (Å²) >= 11 is 4.44. The second kappa shape index (κ2) is 6.48. The zero-order valence-electron chi connectivity index (χ0n) is 14.4. The molecule has 122 valence electrons. The molecule has 1 aliphatic rings. The van der Waals surface area contributed by atoms with Crippen molar-refractivity contribution in [1.82, 2.24) is 0 Å². The Kier molecular flexibility index (Phi) is 5.00. The second-order valence-corrected chi connectivity index (χ2v) is 7.69. The minimum Gasteiger partial charge on any atom is -0.289 e. The number of carbonyl (C=O) groups excluding carboxylic acids is 2. The number of ketones is 2. The average molecular weight is 328 g/mol. The van der Waals surface area contributed by atoms with E-state index in [9.17, 15) is 9.59 Å². The summed E-state index contributed by atoms with van der Waals surface area (Å²) in [5.41, 5.74) is 3.03. The summed E-state index contributed by atoms with van der Waals surface area (Å²) in [6.07, 6.45) is 2.83. The maximum atomic E-state index is 13.0. The van der Waals surface area contributed by atoms with Gasteiger partial charge in [0.05, 0.1) is 0 Å². The Balaban J connectivity index is 2.46. The van der Waals surface area contributed by atoms with E-state index in [1.54, 1.807) is 25.1 Å². The van der Waals surface area contributed by atoms with Crippen LogP contribution in [-0.2, 0) is 0 Å². The molecule has 0 fully saturated rings. The molecule has 1 unspecified atom stereocenters. The summed E-state index contributed by atoms with van der Waals surface area (Å²) in [5.74, 6) is -0.0563. The smallest absolute Gasteiger partial charge is 0.190 e. The van der Waals surface area contributed by atoms with Gasteiger partial charge in [-0.1, -0.05) is 49.8 Å². The molecule has 0 heterocycles. The van der Waals surface area contributed by atoms with Crippen LogP contribution in [0.5, 0.6) is 0 Å². The van der Waals surface area contributed by atoms with Crippen LogP contribution in [0.3, 0.4) is 0 Å². The van der Waals surface area contributed by atoms with E-state index in [1.807, 2.05) is 33.8 Å². The molecule has 0 N–H and O–H groups in total. The summed E-state index contributed by atoms with van der Waals surface area (Å²) in [7, 11) is 0. The van der Waals surface area contributed by atoms with Gasteiger partial charge in [-0.25, -0.2) is 0 Å². The lowest BCUT2D eigenvalue weighted by molar-refractivity contribution is 0.0954. The van der Waals surface area contributed by atoms with Crippen LogP contribution in [0.1, 0.15) is 61.8 Å². The minimum absolute atomic E-state index is 0.0207. The predicted molar refractivity (Wildman–Crippen MR) is 98.4 cm³/mol. The molecule has 2 nitrogen and oxygen atoms in total. The lowest BCUT2D eigenvalue weighted by atomic mass is 9.71. The molecule has 0 spiro atoms. The van der Waals surface area contributed by atoms with Crippen LogP contribution in [0.15, 0.2) is 47.1 Å². The Hall–Kier alpha value is -1.61. The molecule has 1 aromatic carbocycles. The molecule has 1 aliphatic carbocycles. The van der Waals surface area contributed by atoms with E-state index < -0.39 is 5.41 Å². The van der Waals surface area contributed by atoms with Crippen LogP contribution >= 0.6 is 12.6 Å². The third-order valence-corrected chi connectivity index (χ3v) is 5.04. The molecule has 2 rings (SSSR count). The largest absolute Gasteiger partial charge is 0.289 e. The van der Waals surface area contributed by atoms with Crippen LogP contribution in [0.2, 0.25) is 0 Å². The maximum Gasteiger partial charge on any atom is 0.190 e. The molecule has 0 aliphatic heterocycles. The first-order valence-corrected chi connectivity index (χ1v) is 8.43. The average Bonchev–Trinajstić information content (AvgIpc) is 2.50. The Morgan fingerprint density at radius 3 is 2.22 bits per heavy atom. The number of fused-ring (bicyclic) bond motifs is 1. The van der Waals surface area contributed by atoms with Crippen molar-refractivity contribution < 1.29 is 9.59 Å². The third kappa shape index (κ3) is 3.35. The quantitative estimate of drug-likeness (QED) is 0.619. The van der Waals surface area contributed by atoms with E-state index in [2.05, 4.69) is 18.7 Å². The second-order valence-electron chi connectivity index (χ2n) is 6.92. The number of carbonyl (C=O) groups is 2. The molecular formula is C20H24O2S. The molecule has 0 amide bonds. The molecule has 0 radical (unpaired) electrons. The van der Waals surface area contributed by atoms with Crippen molar-refractivity contribution in [2.75, 3.05) is 0 Å². The highest BCUT2D eigenvalue weighted by molar-refractivity contribution is 7.81. The van der Waals surface area contributed by atoms with Crippen molar-refractivity contribution in [3.8, 4) is 0 Å². The van der Waals surface area contributed by atoms with Crippen molar-refractivity contribution in [2.45, 2.75) is 46.3 Å². The fraction of sp³-hybridized carbons (Fsp3) is 0.400. The van der Waals surface area contributed by atoms with Gasteiger partial charge >= 0.3 is 0 Å². The fourth-order valence-corrected chi connectivity index (χ4v) is 3.11. The minimum atomic E-state index is -0.395. The molecule has 0 saturated carbocycles. The van der Waals surface area contributed by atoms with Gasteiger partial charge in [-0.3, -0.25) is 9.59 Å². The van der Waals surface area contributed by atoms with Crippen LogP contribution in [0.4, 0.5) is 0 Å². The standard InChI is InChI=1S/C20H24O2S/c1-12(14(3)23)10-11-20(4,5)17-13(2)18(21)15-8-6-7-9-16(15)19(17)22/h6-10,14,23H,11H2,1-5H3/b12-10+. The number of allylic oxidation sites excluding steroid dienone is 3. The topological polar surface area (TPSA) is 34.1 Å². The highest BCUT2D eigenvalue weighted by Gasteiger charge is 2.37. The molecule has 1 atom stereocenters. The molecule has 1 aromatic rings. The van der Waals surface area contributed by atoms with Crippen molar-refractivity contribution in [3.63, 3.8) is 0 Å². The van der Waals surface area contributed by atoms with Gasteiger partial charge in [-0.05, 0) is 32.6 Å². The van der Waals surface area contributed by atoms with Gasteiger partial charge < -0.3 is 0 Å². The highest BCUT2D eigenvalue weighted by Crippen LogP contribution is 2.40. The lowest BCUT2D eigenvalue weighted by Crippen LogP contribution is -2.29. The number of thiol groups is 1. The number of hydrogen-bond donors (Lipinski definition) is 1. The van der Waals surface area contributed by atoms with Crippen LogP contribution in [-0.4, -0.2) is 16.8 Å². The van der Waals surface area contributed by atoms with Gasteiger partial charge in [-0.2, -0.15) is 12.6 Å². The molecule has 0 saturated heterocycles. The molecule has 3 heteroatoms. The van der Waals surface area contributed by atoms with Gasteiger partial charge in [0.2, 0.25) is 0 Å². The first-order valence-electron chi connectivity index (χ1n) is 7.91. The first-order chi connectivity index (χ1) is 10.7. The van der Waals surface area contributed by atoms with Gasteiger partial charge in [0.1, 0.15) is 0 Å². The SMILES string of the molecule is CC1=C(C(C)(C)C/C=C(\C)C(C)S)C(=O)c2ccccc2C1=O. The van der Waals surface area contributed by atoms with Gasteiger partial charge in [0.15, 0.2) is 11.6 Å². The lowest BCUT2D eigenvalue weighted by Gasteiger charge is -2.31. The van der Waals surface area contributed by atoms with Gasteiger partial charge in [0, 0.05) is 27.5 Å². The number of benzene rings is 1. The number of rotatable bonds is 4. The van der Waals surface area contributed by atoms with Crippen LogP contribution in [0.25, 0.3) is 0 Å². The van der Waals surface area contributed by atoms with E-state index >= 15 is 0 Å². The third-order valence-electron chi connectivity index (χ3n) is 4.63. The Morgan fingerprint density at radius 2 is 1.70 bits per heavy atom. The van der Waals surface area contributed by atoms with E-state index in [0.717, 1.165) is 0 Å². The van der Waals surface area contributed by atoms with Crippen molar-refractivity contribution >= 4 is 24.2 Å². The molecular weight excluding hydrogens is 304 g/mol. The number of Topliss-reactive ketones (excluding diaryl/α,β-unsaturated/α-hetero) is 2. The summed E-state index contributed by atoms with van der Waals surface area (Å²) < 4.78 is 0. The summed E-state index contributed by atoms with van der Waals surface area (Å²) in [5, 5.41) is 0.185. The van der Waals surface area contributed by atoms with E-state index in [4.69, 9.17) is 0 Å². The summed E-state index contributed by atoms with van der Waals surface area (Å²) in [6.45, 7) is 9.89. The Labute approximate surface area is 144 Å². The molecule has 0 aromatic heterocycles. The predicted octanol–water partition coefficient (Wildman–Crippen LogP) is 5.06. The van der Waals surface area contributed by atoms with Crippen molar-refractivity contribution in [1.29, 1.82) is 0 Å². The maximum absolute atomic E-state index is 13.0. The van der Waals surface area contributed by atoms with Crippen LogP contribution < -0.4 is 0 Å². The van der Waals surface area contributed by atoms with Crippen molar-refractivity contribution in [3.05, 3.63) is 58.2 Å². The van der Waals surface area contributed by atoms with Crippen molar-refractivity contribution in [2.24, 2.45) is 5.41 Å². The zero-order valence-corrected chi connectivity index (χ0v) is 15.3. The molecule has 23 heavy (non-hydrogen) atoms. The molecule has 0 bridgehead atoms. The van der Waals surface area contributed by atoms with Gasteiger partial charge in [0.25, 0.3) is 0 Å². The summed E-state index contributed by atoms with van der Waals surface area (Å²) in [4.78, 5) is 25.6. The zero-order chi connectivity index (χ0) is 17.4. The van der Waals surface area contributed by atoms with E-state index in [-0.39, 0.29) is 16.8 Å². The normalized spacial score (nSPS) is 17.4. The van der Waals surface area contributed by atoms with Gasteiger partial charge in [-0.15, -0.1) is 0 Å². The highest BCUT2D eigenvalue weighted by atomic mass is 32.1. The monoisotopic (exact) mass is 328 g/mol. The Bertz CT molecular complexity index is 721. The fourth-order valence-electron chi connectivity index (χ4n) is 3.00. The van der Waals surface area contributed by atoms with E-state index in [0.29, 0.717) is 28.7 Å². The van der Waals surface area contributed by atoms with E-state index in [1.165, 1.54) is 5.57 Å². The summed E-state index contributed by atoms with van der Waals surface area (Å²) in [6, 6.07) is 7.08. The Morgan fingerprint density at radius 1 is 1.17 bits per heavy atom.